The van der Waals surface area contributed by atoms with Crippen molar-refractivity contribution in [1.29, 1.82) is 0 Å². The van der Waals surface area contributed by atoms with Crippen LogP contribution in [0.15, 0.2) is 25.2 Å². The largest absolute Gasteiger partial charge is 0.498 e. The standard InChI is InChI=1S/C7H12O2/c1-3-5-9-7-6-8-4-2/h3-5H,2,6-7H2,1H3. The molecule has 0 fully saturated rings. The van der Waals surface area contributed by atoms with Crippen molar-refractivity contribution in [3.8, 4) is 0 Å². The first kappa shape index (κ1) is 8.08. The molecule has 0 spiro atoms. The molecule has 0 bridgehead atoms. The summed E-state index contributed by atoms with van der Waals surface area (Å²) in [5.74, 6) is 0. The molecule has 0 aromatic heterocycles. The van der Waals surface area contributed by atoms with Crippen LogP contribution in [-0.2, 0) is 9.47 Å². The third kappa shape index (κ3) is 7.08. The molecule has 0 saturated carbocycles. The molecular weight excluding hydrogens is 116 g/mol. The minimum atomic E-state index is 0.563. The Hall–Kier alpha value is -0.920. The Morgan fingerprint density at radius 3 is 2.56 bits per heavy atom. The predicted octanol–water partition coefficient (Wildman–Crippen LogP) is 1.70. The highest BCUT2D eigenvalue weighted by molar-refractivity contribution is 4.64. The molecule has 0 amide bonds. The summed E-state index contributed by atoms with van der Waals surface area (Å²) in [7, 11) is 0. The highest BCUT2D eigenvalue weighted by atomic mass is 16.5. The summed E-state index contributed by atoms with van der Waals surface area (Å²) in [6.45, 7) is 6.42. The van der Waals surface area contributed by atoms with E-state index in [9.17, 15) is 0 Å². The molecule has 0 unspecified atom stereocenters. The van der Waals surface area contributed by atoms with Gasteiger partial charge in [-0.15, -0.1) is 0 Å². The molecule has 0 atom stereocenters. The smallest absolute Gasteiger partial charge is 0.121 e. The molecule has 0 aliphatic rings. The van der Waals surface area contributed by atoms with Gasteiger partial charge in [0.05, 0.1) is 12.5 Å². The first-order valence-corrected chi connectivity index (χ1v) is 2.87. The van der Waals surface area contributed by atoms with Crippen LogP contribution in [0.5, 0.6) is 0 Å². The SMILES string of the molecule is C=COCCOC=CC. The lowest BCUT2D eigenvalue weighted by atomic mass is 10.7. The van der Waals surface area contributed by atoms with Gasteiger partial charge in [0.2, 0.25) is 0 Å². The molecule has 0 rings (SSSR count). The van der Waals surface area contributed by atoms with Gasteiger partial charge in [-0.3, -0.25) is 0 Å². The van der Waals surface area contributed by atoms with Crippen LogP contribution >= 0.6 is 0 Å². The van der Waals surface area contributed by atoms with Crippen molar-refractivity contribution in [1.82, 2.24) is 0 Å². The first-order chi connectivity index (χ1) is 4.41. The quantitative estimate of drug-likeness (QED) is 0.414. The van der Waals surface area contributed by atoms with Gasteiger partial charge in [-0.1, -0.05) is 12.7 Å². The van der Waals surface area contributed by atoms with E-state index in [4.69, 9.17) is 9.47 Å². The predicted molar refractivity (Wildman–Crippen MR) is 36.9 cm³/mol. The number of rotatable bonds is 5. The highest BCUT2D eigenvalue weighted by Crippen LogP contribution is 1.78. The van der Waals surface area contributed by atoms with Crippen LogP contribution in [-0.4, -0.2) is 13.2 Å². The minimum Gasteiger partial charge on any atom is -0.498 e. The number of hydrogen-bond acceptors (Lipinski definition) is 2. The van der Waals surface area contributed by atoms with Gasteiger partial charge in [-0.25, -0.2) is 0 Å². The van der Waals surface area contributed by atoms with E-state index in [1.807, 2.05) is 13.0 Å². The van der Waals surface area contributed by atoms with Crippen LogP contribution in [0.25, 0.3) is 0 Å². The second-order valence-corrected chi connectivity index (χ2v) is 1.38. The fourth-order valence-electron chi connectivity index (χ4n) is 0.344. The molecule has 0 heterocycles. The second-order valence-electron chi connectivity index (χ2n) is 1.38. The maximum atomic E-state index is 4.93. The van der Waals surface area contributed by atoms with Crippen molar-refractivity contribution >= 4 is 0 Å². The summed E-state index contributed by atoms with van der Waals surface area (Å²) in [6.07, 6.45) is 4.86. The lowest BCUT2D eigenvalue weighted by molar-refractivity contribution is 0.150. The Morgan fingerprint density at radius 1 is 1.33 bits per heavy atom. The zero-order valence-corrected chi connectivity index (χ0v) is 5.67. The molecule has 0 radical (unpaired) electrons. The van der Waals surface area contributed by atoms with E-state index in [2.05, 4.69) is 6.58 Å². The Balaban J connectivity index is 2.82. The fourth-order valence-corrected chi connectivity index (χ4v) is 0.344. The topological polar surface area (TPSA) is 18.5 Å². The van der Waals surface area contributed by atoms with E-state index in [-0.39, 0.29) is 0 Å². The van der Waals surface area contributed by atoms with E-state index in [1.165, 1.54) is 6.26 Å². The maximum Gasteiger partial charge on any atom is 0.121 e. The second kappa shape index (κ2) is 7.08. The lowest BCUT2D eigenvalue weighted by Crippen LogP contribution is -1.95. The molecule has 52 valence electrons. The van der Waals surface area contributed by atoms with Gasteiger partial charge in [0.15, 0.2) is 0 Å². The van der Waals surface area contributed by atoms with Gasteiger partial charge in [0.25, 0.3) is 0 Å². The molecule has 0 aliphatic heterocycles. The average molecular weight is 128 g/mol. The zero-order valence-electron chi connectivity index (χ0n) is 5.67. The molecule has 0 aromatic rings. The molecule has 0 saturated heterocycles. The lowest BCUT2D eigenvalue weighted by Gasteiger charge is -1.98. The monoisotopic (exact) mass is 128 g/mol. The van der Waals surface area contributed by atoms with E-state index >= 15 is 0 Å². The third-order valence-corrected chi connectivity index (χ3v) is 0.669. The van der Waals surface area contributed by atoms with Crippen LogP contribution < -0.4 is 0 Å². The summed E-state index contributed by atoms with van der Waals surface area (Å²) in [4.78, 5) is 0. The first-order valence-electron chi connectivity index (χ1n) is 2.87. The average Bonchev–Trinajstić information content (AvgIpc) is 1.89. The van der Waals surface area contributed by atoms with Crippen LogP contribution in [0.2, 0.25) is 0 Å². The Kier molecular flexibility index (Phi) is 6.36. The van der Waals surface area contributed by atoms with Crippen molar-refractivity contribution in [3.05, 3.63) is 25.2 Å². The van der Waals surface area contributed by atoms with Crippen molar-refractivity contribution < 1.29 is 9.47 Å². The summed E-state index contributed by atoms with van der Waals surface area (Å²) < 4.78 is 9.72. The van der Waals surface area contributed by atoms with Crippen LogP contribution in [0.4, 0.5) is 0 Å². The summed E-state index contributed by atoms with van der Waals surface area (Å²) in [6, 6.07) is 0. The van der Waals surface area contributed by atoms with Gasteiger partial charge < -0.3 is 9.47 Å². The number of hydrogen-bond donors (Lipinski definition) is 0. The van der Waals surface area contributed by atoms with Crippen LogP contribution in [0, 0.1) is 0 Å². The van der Waals surface area contributed by atoms with Crippen molar-refractivity contribution in [3.63, 3.8) is 0 Å². The summed E-state index contributed by atoms with van der Waals surface area (Å²) in [5, 5.41) is 0. The Morgan fingerprint density at radius 2 is 2.00 bits per heavy atom. The van der Waals surface area contributed by atoms with Gasteiger partial charge in [0, 0.05) is 0 Å². The maximum absolute atomic E-state index is 4.93. The van der Waals surface area contributed by atoms with Crippen molar-refractivity contribution in [2.24, 2.45) is 0 Å². The minimum absolute atomic E-state index is 0.563. The van der Waals surface area contributed by atoms with E-state index in [0.29, 0.717) is 13.2 Å². The highest BCUT2D eigenvalue weighted by Gasteiger charge is 1.78. The number of allylic oxidation sites excluding steroid dienone is 1. The summed E-state index contributed by atoms with van der Waals surface area (Å²) in [5.41, 5.74) is 0. The molecule has 9 heavy (non-hydrogen) atoms. The molecule has 0 aromatic carbocycles. The van der Waals surface area contributed by atoms with E-state index in [1.54, 1.807) is 6.26 Å². The zero-order chi connectivity index (χ0) is 6.95. The van der Waals surface area contributed by atoms with Gasteiger partial charge in [0.1, 0.15) is 13.2 Å². The Labute approximate surface area is 55.8 Å². The fraction of sp³-hybridized carbons (Fsp3) is 0.429. The molecule has 0 N–H and O–H groups in total. The van der Waals surface area contributed by atoms with E-state index in [0.717, 1.165) is 0 Å². The third-order valence-electron chi connectivity index (χ3n) is 0.669. The molecule has 2 nitrogen and oxygen atoms in total. The molecule has 0 aliphatic carbocycles. The number of ether oxygens (including phenoxy) is 2. The molecular formula is C7H12O2. The van der Waals surface area contributed by atoms with E-state index < -0.39 is 0 Å². The summed E-state index contributed by atoms with van der Waals surface area (Å²) >= 11 is 0. The Bertz CT molecular complexity index is 86.9. The van der Waals surface area contributed by atoms with Crippen molar-refractivity contribution in [2.75, 3.05) is 13.2 Å². The van der Waals surface area contributed by atoms with Gasteiger partial charge in [-0.05, 0) is 6.92 Å². The van der Waals surface area contributed by atoms with Crippen LogP contribution in [0.3, 0.4) is 0 Å². The molecule has 2 heteroatoms. The van der Waals surface area contributed by atoms with Crippen LogP contribution in [0.1, 0.15) is 6.92 Å². The van der Waals surface area contributed by atoms with Gasteiger partial charge in [-0.2, -0.15) is 0 Å². The van der Waals surface area contributed by atoms with Crippen molar-refractivity contribution in [2.45, 2.75) is 6.92 Å². The normalized spacial score (nSPS) is 9.44. The van der Waals surface area contributed by atoms with Gasteiger partial charge >= 0.3 is 0 Å².